The maximum Gasteiger partial charge on any atom is 0.0541 e. The van der Waals surface area contributed by atoms with Gasteiger partial charge in [0.1, 0.15) is 0 Å². The fourth-order valence-electron chi connectivity index (χ4n) is 14.5. The highest BCUT2D eigenvalue weighted by Gasteiger charge is 2.29. The van der Waals surface area contributed by atoms with Gasteiger partial charge < -0.3 is 4.57 Å². The lowest BCUT2D eigenvalue weighted by atomic mass is 9.75. The Labute approximate surface area is 523 Å². The zero-order valence-electron chi connectivity index (χ0n) is 48.4. The van der Waals surface area contributed by atoms with E-state index in [9.17, 15) is 0 Å². The van der Waals surface area contributed by atoms with E-state index in [1.54, 1.807) is 0 Å². The van der Waals surface area contributed by atoms with Gasteiger partial charge in [-0.1, -0.05) is 255 Å². The molecule has 0 saturated carbocycles. The van der Waals surface area contributed by atoms with Gasteiger partial charge in [0.05, 0.1) is 11.0 Å². The van der Waals surface area contributed by atoms with Crippen molar-refractivity contribution in [2.24, 2.45) is 0 Å². The van der Waals surface area contributed by atoms with Crippen molar-refractivity contribution in [2.45, 2.75) is 0 Å². The minimum absolute atomic E-state index is 1.12. The van der Waals surface area contributed by atoms with E-state index in [4.69, 9.17) is 0 Å². The van der Waals surface area contributed by atoms with Gasteiger partial charge in [-0.2, -0.15) is 0 Å². The molecule has 18 rings (SSSR count). The second-order valence-corrected chi connectivity index (χ2v) is 25.5. The number of thiophene rings is 2. The second kappa shape index (κ2) is 20.9. The Bertz CT molecular complexity index is 5590. The zero-order chi connectivity index (χ0) is 58.5. The van der Waals surface area contributed by atoms with Crippen LogP contribution in [0.25, 0.3) is 179 Å². The third-order valence-corrected chi connectivity index (χ3v) is 20.7. The number of para-hydroxylation sites is 2. The molecule has 3 heterocycles. The summed E-state index contributed by atoms with van der Waals surface area (Å²) < 4.78 is 2.43. The van der Waals surface area contributed by atoms with Crippen molar-refractivity contribution in [3.63, 3.8) is 0 Å². The molecule has 0 saturated heterocycles. The number of nitrogens with zero attached hydrogens (tertiary/aromatic N) is 1. The van der Waals surface area contributed by atoms with Crippen LogP contribution in [0.1, 0.15) is 0 Å². The molecule has 18 aromatic rings. The van der Waals surface area contributed by atoms with Crippen LogP contribution < -0.4 is 0 Å². The predicted molar refractivity (Wildman–Crippen MR) is 384 cm³/mol. The van der Waals surface area contributed by atoms with Crippen LogP contribution in [0.4, 0.5) is 0 Å². The largest absolute Gasteiger partial charge is 0.309 e. The molecule has 0 bridgehead atoms. The summed E-state index contributed by atoms with van der Waals surface area (Å²) in [6.45, 7) is 0. The van der Waals surface area contributed by atoms with Gasteiger partial charge in [-0.05, 0) is 198 Å². The summed E-state index contributed by atoms with van der Waals surface area (Å²) in [4.78, 5) is 5.01. The molecule has 0 atom stereocenters. The quantitative estimate of drug-likeness (QED) is 0.0950. The molecule has 0 unspecified atom stereocenters. The van der Waals surface area contributed by atoms with Gasteiger partial charge in [-0.3, -0.25) is 0 Å². The van der Waals surface area contributed by atoms with Crippen molar-refractivity contribution in [3.8, 4) is 103 Å². The van der Waals surface area contributed by atoms with Crippen molar-refractivity contribution in [2.75, 3.05) is 0 Å². The molecular weight excluding hydrogens is 1110 g/mol. The number of fused-ring (bicyclic) bond motifs is 9. The lowest BCUT2D eigenvalue weighted by molar-refractivity contribution is 1.18. The molecule has 0 spiro atoms. The summed E-state index contributed by atoms with van der Waals surface area (Å²) in [6.07, 6.45) is 0. The number of aromatic nitrogens is 1. The van der Waals surface area contributed by atoms with Crippen molar-refractivity contribution in [3.05, 3.63) is 322 Å². The molecule has 15 aromatic carbocycles. The zero-order valence-corrected chi connectivity index (χ0v) is 50.0. The first-order valence-corrected chi connectivity index (χ1v) is 32.2. The molecule has 0 N–H and O–H groups in total. The SMILES string of the molecule is c1ccc(-c2ccc(-c3cc(-c4ccc(-c5c(-c6ccc(-n7c8ccccc8c8ccccc87)cc6)c(-c6ccccc6)c6c7cccc8c9ccccc9c9cccc(c6c5-c5ccccc5)c9c87)cc4)cc(-c4ccc(-c5ccccc5)s4)c3)s2)cc1. The Balaban J connectivity index is 0.924. The molecule has 0 fully saturated rings. The third-order valence-electron chi connectivity index (χ3n) is 18.4. The van der Waals surface area contributed by atoms with E-state index in [1.165, 1.54) is 156 Å². The lowest BCUT2D eigenvalue weighted by Crippen LogP contribution is -2.00. The standard InChI is InChI=1S/C86H53NS2/c1-5-21-55(22-6-1)75-47-49-77(88-75)62-51-61(52-63(53-62)78-50-48-76(89-78)56-23-7-2-8-24-56)54-39-41-59(42-40-54)79-80(60-43-45-64(46-44-60)87-73-37-17-15-31-67(73)68-32-16-18-38-74(68)87)82(58-27-11-4-12-28-58)86-72-36-20-34-70-66-30-14-13-29-65(66)69-33-19-35-71(83(69)84(70)72)85(86)81(79)57-25-9-3-10-26-57/h1-53H. The molecule has 3 aromatic heterocycles. The molecule has 3 heteroatoms. The van der Waals surface area contributed by atoms with Gasteiger partial charge in [0, 0.05) is 36.0 Å². The number of hydrogen-bond donors (Lipinski definition) is 0. The first-order valence-electron chi connectivity index (χ1n) is 30.5. The second-order valence-electron chi connectivity index (χ2n) is 23.3. The molecule has 1 nitrogen and oxygen atoms in total. The lowest BCUT2D eigenvalue weighted by Gasteiger charge is -2.27. The van der Waals surface area contributed by atoms with Crippen LogP contribution in [0, 0.1) is 0 Å². The molecule has 0 aliphatic rings. The van der Waals surface area contributed by atoms with Gasteiger partial charge in [-0.25, -0.2) is 0 Å². The van der Waals surface area contributed by atoms with Gasteiger partial charge in [-0.15, -0.1) is 22.7 Å². The number of benzene rings is 15. The highest BCUT2D eigenvalue weighted by Crippen LogP contribution is 2.57. The maximum atomic E-state index is 2.43. The van der Waals surface area contributed by atoms with Crippen LogP contribution in [0.15, 0.2) is 322 Å². The topological polar surface area (TPSA) is 4.93 Å². The summed E-state index contributed by atoms with van der Waals surface area (Å²) >= 11 is 3.71. The van der Waals surface area contributed by atoms with Crippen LogP contribution in [0.3, 0.4) is 0 Å². The van der Waals surface area contributed by atoms with Crippen molar-refractivity contribution in [1.82, 2.24) is 4.57 Å². The van der Waals surface area contributed by atoms with Gasteiger partial charge in [0.25, 0.3) is 0 Å². The van der Waals surface area contributed by atoms with E-state index in [-0.39, 0.29) is 0 Å². The van der Waals surface area contributed by atoms with Gasteiger partial charge in [0.2, 0.25) is 0 Å². The molecule has 89 heavy (non-hydrogen) atoms. The summed E-state index contributed by atoms with van der Waals surface area (Å²) in [6, 6.07) is 120. The van der Waals surface area contributed by atoms with Gasteiger partial charge in [0.15, 0.2) is 0 Å². The molecule has 0 amide bonds. The van der Waals surface area contributed by atoms with E-state index >= 15 is 0 Å². The Morgan fingerprint density at radius 1 is 0.180 bits per heavy atom. The molecule has 0 aliphatic heterocycles. The average molecular weight is 1160 g/mol. The molecule has 414 valence electrons. The molecule has 0 aliphatic carbocycles. The van der Waals surface area contributed by atoms with E-state index in [0.29, 0.717) is 0 Å². The molecular formula is C86H53NS2. The Morgan fingerprint density at radius 2 is 0.494 bits per heavy atom. The Kier molecular flexibility index (Phi) is 12.0. The van der Waals surface area contributed by atoms with Crippen LogP contribution in [0.5, 0.6) is 0 Å². The smallest absolute Gasteiger partial charge is 0.0541 e. The highest BCUT2D eigenvalue weighted by atomic mass is 32.1. The maximum absolute atomic E-state index is 2.43. The fourth-order valence-corrected chi connectivity index (χ4v) is 16.5. The minimum atomic E-state index is 1.12. The average Bonchev–Trinajstić information content (AvgIpc) is 1.65. The van der Waals surface area contributed by atoms with Crippen molar-refractivity contribution >= 4 is 98.3 Å². The third kappa shape index (κ3) is 8.35. The van der Waals surface area contributed by atoms with E-state index in [0.717, 1.165) is 22.4 Å². The summed E-state index contributed by atoms with van der Waals surface area (Å²) in [5.41, 5.74) is 20.2. The minimum Gasteiger partial charge on any atom is -0.309 e. The van der Waals surface area contributed by atoms with Crippen LogP contribution >= 0.6 is 22.7 Å². The Morgan fingerprint density at radius 3 is 0.933 bits per heavy atom. The van der Waals surface area contributed by atoms with Crippen molar-refractivity contribution < 1.29 is 0 Å². The summed E-state index contributed by atoms with van der Waals surface area (Å²) in [5, 5.41) is 15.3. The van der Waals surface area contributed by atoms with Crippen LogP contribution in [0.2, 0.25) is 0 Å². The monoisotopic (exact) mass is 1160 g/mol. The van der Waals surface area contributed by atoms with E-state index in [2.05, 4.69) is 326 Å². The summed E-state index contributed by atoms with van der Waals surface area (Å²) in [5.74, 6) is 0. The van der Waals surface area contributed by atoms with Crippen LogP contribution in [-0.4, -0.2) is 4.57 Å². The normalized spacial score (nSPS) is 11.8. The van der Waals surface area contributed by atoms with Gasteiger partial charge >= 0.3 is 0 Å². The number of hydrogen-bond acceptors (Lipinski definition) is 2. The first-order chi connectivity index (χ1) is 44.2. The number of rotatable bonds is 10. The fraction of sp³-hybridized carbons (Fsp3) is 0. The summed E-state index contributed by atoms with van der Waals surface area (Å²) in [7, 11) is 0. The highest BCUT2D eigenvalue weighted by molar-refractivity contribution is 7.19. The van der Waals surface area contributed by atoms with Crippen molar-refractivity contribution in [1.29, 1.82) is 0 Å². The van der Waals surface area contributed by atoms with E-state index < -0.39 is 0 Å². The Hall–Kier alpha value is -10.9. The van der Waals surface area contributed by atoms with E-state index in [1.807, 2.05) is 22.7 Å². The van der Waals surface area contributed by atoms with Crippen LogP contribution in [-0.2, 0) is 0 Å². The first kappa shape index (κ1) is 51.3. The molecule has 0 radical (unpaired) electrons. The predicted octanol–water partition coefficient (Wildman–Crippen LogP) is 25.1.